The van der Waals surface area contributed by atoms with Gasteiger partial charge in [-0.3, -0.25) is 23.0 Å². The van der Waals surface area contributed by atoms with Crippen LogP contribution in [0.3, 0.4) is 0 Å². The Kier molecular flexibility index (Phi) is 9.65. The molecule has 2 aromatic heterocycles. The Hall–Kier alpha value is -2.00. The van der Waals surface area contributed by atoms with Crippen LogP contribution >= 0.6 is 15.4 Å². The largest absolute Gasteiger partial charge is 0.472 e. The number of amides is 1. The molecule has 4 rings (SSSR count). The van der Waals surface area contributed by atoms with Crippen LogP contribution in [0, 0.1) is 0 Å². The molecule has 2 saturated heterocycles. The number of β-amino-alcohol motifs (C(OH)–C–C–N with tert-alkyl or cyclic N) is 1. The average Bonchev–Trinajstić information content (AvgIpc) is 3.59. The predicted molar refractivity (Wildman–Crippen MR) is 141 cm³/mol. The van der Waals surface area contributed by atoms with Crippen LogP contribution in [0.25, 0.3) is 11.2 Å². The topological polar surface area (TPSA) is 222 Å². The van der Waals surface area contributed by atoms with Crippen LogP contribution in [-0.4, -0.2) is 95.0 Å². The van der Waals surface area contributed by atoms with E-state index in [9.17, 15) is 28.8 Å². The minimum Gasteiger partial charge on any atom is -0.391 e. The summed E-state index contributed by atoms with van der Waals surface area (Å²) in [7, 11) is -8.63. The summed E-state index contributed by atoms with van der Waals surface area (Å²) in [5.41, 5.74) is 5.89. The SMILES string of the molecule is CCC(=O)N1C[C@H](O)C[C@H]1CCOP(=O)(O)O[C@H]1C[C@H](n2cnc3c(N)ncnc32)O[C@@H]1COP(=O)(O)C(C)C. The first-order valence-corrected chi connectivity index (χ1v) is 16.1. The maximum Gasteiger partial charge on any atom is 0.472 e. The van der Waals surface area contributed by atoms with Crippen LogP contribution in [-0.2, 0) is 32.2 Å². The summed E-state index contributed by atoms with van der Waals surface area (Å²) in [5.74, 6) is 0.0402. The van der Waals surface area contributed by atoms with Crippen LogP contribution < -0.4 is 5.73 Å². The molecule has 18 heteroatoms. The number of imidazole rings is 1. The third-order valence-electron chi connectivity index (χ3n) is 6.94. The van der Waals surface area contributed by atoms with Crippen molar-refractivity contribution in [3.63, 3.8) is 0 Å². The number of ether oxygens (including phenoxy) is 1. The van der Waals surface area contributed by atoms with E-state index in [1.165, 1.54) is 26.5 Å². The van der Waals surface area contributed by atoms with Gasteiger partial charge in [0.25, 0.3) is 0 Å². The zero-order chi connectivity index (χ0) is 29.2. The molecule has 0 aromatic carbocycles. The van der Waals surface area contributed by atoms with Crippen LogP contribution in [0.5, 0.6) is 0 Å². The van der Waals surface area contributed by atoms with E-state index in [2.05, 4.69) is 15.0 Å². The predicted octanol–water partition coefficient (Wildman–Crippen LogP) is 1.57. The number of carbonyl (C=O) groups excluding carboxylic acids is 1. The zero-order valence-corrected chi connectivity index (χ0v) is 24.3. The number of likely N-dealkylation sites (tertiary alicyclic amines) is 1. The van der Waals surface area contributed by atoms with Gasteiger partial charge in [0.1, 0.15) is 30.3 Å². The molecule has 224 valence electrons. The molecule has 0 saturated carbocycles. The van der Waals surface area contributed by atoms with Gasteiger partial charge in [0.15, 0.2) is 11.5 Å². The Morgan fingerprint density at radius 2 is 1.98 bits per heavy atom. The molecule has 0 radical (unpaired) electrons. The molecule has 4 heterocycles. The monoisotopic (exact) mass is 606 g/mol. The minimum absolute atomic E-state index is 0.0301. The fourth-order valence-corrected chi connectivity index (χ4v) is 6.34. The lowest BCUT2D eigenvalue weighted by atomic mass is 10.1. The lowest BCUT2D eigenvalue weighted by molar-refractivity contribution is -0.132. The zero-order valence-electron chi connectivity index (χ0n) is 22.5. The number of nitrogens with two attached hydrogens (primary N) is 1. The van der Waals surface area contributed by atoms with Gasteiger partial charge < -0.3 is 34.8 Å². The van der Waals surface area contributed by atoms with Crippen molar-refractivity contribution in [3.8, 4) is 0 Å². The fraction of sp³-hybridized carbons (Fsp3) is 0.727. The van der Waals surface area contributed by atoms with Gasteiger partial charge in [-0.05, 0) is 12.8 Å². The Morgan fingerprint density at radius 3 is 2.67 bits per heavy atom. The second-order valence-electron chi connectivity index (χ2n) is 10.1. The molecule has 2 unspecified atom stereocenters. The van der Waals surface area contributed by atoms with Crippen LogP contribution in [0.2, 0.25) is 0 Å². The summed E-state index contributed by atoms with van der Waals surface area (Å²) in [5, 5.41) is 9.97. The van der Waals surface area contributed by atoms with Crippen molar-refractivity contribution >= 4 is 38.3 Å². The van der Waals surface area contributed by atoms with Gasteiger partial charge in [0.2, 0.25) is 5.91 Å². The lowest BCUT2D eigenvalue weighted by Crippen LogP contribution is -2.36. The van der Waals surface area contributed by atoms with E-state index in [1.807, 2.05) is 0 Å². The Morgan fingerprint density at radius 1 is 1.23 bits per heavy atom. The number of anilines is 1. The van der Waals surface area contributed by atoms with Gasteiger partial charge in [0.05, 0.1) is 31.3 Å². The number of carbonyl (C=O) groups is 1. The summed E-state index contributed by atoms with van der Waals surface area (Å²) in [6.07, 6.45) is 0.0117. The van der Waals surface area contributed by atoms with Gasteiger partial charge >= 0.3 is 15.4 Å². The maximum atomic E-state index is 12.9. The third-order valence-corrected chi connectivity index (χ3v) is 9.81. The summed E-state index contributed by atoms with van der Waals surface area (Å²) in [4.78, 5) is 46.6. The number of nitrogens with zero attached hydrogens (tertiary/aromatic N) is 5. The van der Waals surface area contributed by atoms with E-state index in [-0.39, 0.29) is 50.2 Å². The molecule has 0 aliphatic carbocycles. The van der Waals surface area contributed by atoms with Crippen molar-refractivity contribution in [3.05, 3.63) is 12.7 Å². The number of hydrogen-bond donors (Lipinski definition) is 4. The molecule has 2 aliphatic rings. The number of nitrogen functional groups attached to an aromatic ring is 1. The molecule has 7 atom stereocenters. The highest BCUT2D eigenvalue weighted by Gasteiger charge is 2.44. The van der Waals surface area contributed by atoms with Crippen molar-refractivity contribution < 1.29 is 47.1 Å². The number of aliphatic hydroxyl groups is 1. The van der Waals surface area contributed by atoms with E-state index >= 15 is 0 Å². The van der Waals surface area contributed by atoms with Gasteiger partial charge in [-0.2, -0.15) is 0 Å². The highest BCUT2D eigenvalue weighted by molar-refractivity contribution is 7.53. The molecular weight excluding hydrogens is 570 g/mol. The summed E-state index contributed by atoms with van der Waals surface area (Å²) < 4.78 is 48.8. The van der Waals surface area contributed by atoms with Gasteiger partial charge in [-0.25, -0.2) is 19.5 Å². The van der Waals surface area contributed by atoms with Crippen molar-refractivity contribution in [1.29, 1.82) is 0 Å². The molecule has 1 amide bonds. The Labute approximate surface area is 230 Å². The highest BCUT2D eigenvalue weighted by Crippen LogP contribution is 2.51. The third kappa shape index (κ3) is 7.07. The summed E-state index contributed by atoms with van der Waals surface area (Å²) >= 11 is 0. The van der Waals surface area contributed by atoms with E-state index in [0.717, 1.165) is 0 Å². The van der Waals surface area contributed by atoms with Crippen molar-refractivity contribution in [2.45, 2.75) is 82.7 Å². The van der Waals surface area contributed by atoms with Gasteiger partial charge in [-0.1, -0.05) is 20.8 Å². The molecule has 40 heavy (non-hydrogen) atoms. The van der Waals surface area contributed by atoms with Crippen molar-refractivity contribution in [2.75, 3.05) is 25.5 Å². The molecule has 2 aromatic rings. The van der Waals surface area contributed by atoms with Gasteiger partial charge in [-0.15, -0.1) is 0 Å². The van der Waals surface area contributed by atoms with E-state index in [4.69, 9.17) is 24.0 Å². The molecule has 2 fully saturated rings. The number of aromatic nitrogens is 4. The second kappa shape index (κ2) is 12.5. The van der Waals surface area contributed by atoms with Crippen LogP contribution in [0.1, 0.15) is 52.7 Å². The normalized spacial score (nSPS) is 28.3. The standard InChI is InChI=1S/C22H36N6O10P2/c1-4-18(30)27-9-15(29)7-14(27)5-6-35-40(33,34)38-16-8-19(37-17(16)10-36-39(31,32)13(2)3)28-12-26-20-21(23)24-11-25-22(20)28/h11-17,19,29H,4-10H2,1-3H3,(H,31,32)(H,33,34)(H2,23,24,25)/t14-,15-,16+,17-,19-/m1/s1. The lowest BCUT2D eigenvalue weighted by Gasteiger charge is -2.25. The first kappa shape index (κ1) is 30.9. The average molecular weight is 607 g/mol. The smallest absolute Gasteiger partial charge is 0.391 e. The van der Waals surface area contributed by atoms with Crippen LogP contribution in [0.4, 0.5) is 5.82 Å². The second-order valence-corrected chi connectivity index (χ2v) is 13.9. The fourth-order valence-electron chi connectivity index (χ4n) is 4.72. The highest BCUT2D eigenvalue weighted by atomic mass is 31.2. The van der Waals surface area contributed by atoms with Gasteiger partial charge in [0, 0.05) is 25.4 Å². The molecule has 0 bridgehead atoms. The maximum absolute atomic E-state index is 12.9. The molecular formula is C22H36N6O10P2. The van der Waals surface area contributed by atoms with Crippen molar-refractivity contribution in [1.82, 2.24) is 24.4 Å². The summed E-state index contributed by atoms with van der Waals surface area (Å²) in [6.45, 7) is 4.38. The first-order valence-electron chi connectivity index (χ1n) is 13.0. The number of phosphoric acid groups is 1. The number of hydrogen-bond acceptors (Lipinski definition) is 12. The van der Waals surface area contributed by atoms with E-state index in [0.29, 0.717) is 17.6 Å². The van der Waals surface area contributed by atoms with E-state index in [1.54, 1.807) is 16.4 Å². The quantitative estimate of drug-likeness (QED) is 0.252. The number of rotatable bonds is 12. The molecule has 2 aliphatic heterocycles. The molecule has 16 nitrogen and oxygen atoms in total. The van der Waals surface area contributed by atoms with Crippen molar-refractivity contribution in [2.24, 2.45) is 0 Å². The Bertz CT molecular complexity index is 1290. The Balaban J connectivity index is 1.44. The number of fused-ring (bicyclic) bond motifs is 1. The first-order chi connectivity index (χ1) is 18.8. The molecule has 0 spiro atoms. The van der Waals surface area contributed by atoms with Crippen LogP contribution in [0.15, 0.2) is 12.7 Å². The van der Waals surface area contributed by atoms with E-state index < -0.39 is 52.2 Å². The summed E-state index contributed by atoms with van der Waals surface area (Å²) in [6, 6.07) is -0.332. The number of phosphoric ester groups is 1. The molecule has 5 N–H and O–H groups in total. The number of aliphatic hydroxyl groups excluding tert-OH is 1. The minimum atomic E-state index is -4.65.